The van der Waals surface area contributed by atoms with Gasteiger partial charge in [0.1, 0.15) is 5.75 Å². The Labute approximate surface area is 301 Å². The van der Waals surface area contributed by atoms with Gasteiger partial charge in [0.05, 0.1) is 35.0 Å². The van der Waals surface area contributed by atoms with Crippen molar-refractivity contribution in [2.45, 2.75) is 96.7 Å². The Bertz CT molecular complexity index is 1850. The Morgan fingerprint density at radius 1 is 0.941 bits per heavy atom. The summed E-state index contributed by atoms with van der Waals surface area (Å²) in [7, 11) is 1.86. The van der Waals surface area contributed by atoms with E-state index >= 15 is 0 Å². The van der Waals surface area contributed by atoms with Crippen molar-refractivity contribution in [1.82, 2.24) is 24.4 Å². The first-order valence-corrected chi connectivity index (χ1v) is 19.3. The highest BCUT2D eigenvalue weighted by molar-refractivity contribution is 6.05. The molecule has 1 spiro atoms. The summed E-state index contributed by atoms with van der Waals surface area (Å²) < 4.78 is 14.1. The first-order chi connectivity index (χ1) is 24.9. The van der Waals surface area contributed by atoms with Crippen LogP contribution in [0.4, 0.5) is 11.6 Å². The zero-order valence-corrected chi connectivity index (χ0v) is 30.6. The van der Waals surface area contributed by atoms with E-state index in [1.165, 1.54) is 70.1 Å². The number of aryl methyl sites for hydroxylation is 1. The number of likely N-dealkylation sites (tertiary alicyclic amines) is 1. The number of ether oxygens (including phenoxy) is 2. The van der Waals surface area contributed by atoms with Crippen molar-refractivity contribution in [3.63, 3.8) is 0 Å². The summed E-state index contributed by atoms with van der Waals surface area (Å²) in [6.07, 6.45) is 16.0. The van der Waals surface area contributed by atoms with Gasteiger partial charge in [0.15, 0.2) is 0 Å². The molecule has 1 aliphatic carbocycles. The number of nitrogens with zero attached hydrogens (tertiary/aromatic N) is 6. The molecule has 8 rings (SSSR count). The van der Waals surface area contributed by atoms with E-state index in [2.05, 4.69) is 49.8 Å². The molecule has 1 aromatic carbocycles. The van der Waals surface area contributed by atoms with Crippen molar-refractivity contribution in [1.29, 1.82) is 0 Å². The van der Waals surface area contributed by atoms with Gasteiger partial charge in [-0.05, 0) is 132 Å². The third-order valence-corrected chi connectivity index (χ3v) is 12.4. The number of methoxy groups -OCH3 is 1. The van der Waals surface area contributed by atoms with E-state index in [9.17, 15) is 4.79 Å². The molecule has 3 aliphatic heterocycles. The minimum absolute atomic E-state index is 0.206. The van der Waals surface area contributed by atoms with E-state index in [1.807, 2.05) is 32.2 Å². The minimum Gasteiger partial charge on any atom is -0.493 e. The second kappa shape index (κ2) is 14.5. The number of carbonyl (C=O) groups is 1. The number of benzene rings is 1. The van der Waals surface area contributed by atoms with Crippen molar-refractivity contribution in [3.8, 4) is 17.0 Å². The predicted octanol–water partition coefficient (Wildman–Crippen LogP) is 7.50. The van der Waals surface area contributed by atoms with Crippen molar-refractivity contribution < 1.29 is 14.3 Å². The molecule has 10 nitrogen and oxygen atoms in total. The topological polar surface area (TPSA) is 97.6 Å². The molecule has 6 heterocycles. The van der Waals surface area contributed by atoms with E-state index in [0.29, 0.717) is 41.2 Å². The van der Waals surface area contributed by atoms with Crippen LogP contribution in [0, 0.1) is 18.3 Å². The van der Waals surface area contributed by atoms with Crippen LogP contribution in [0.1, 0.15) is 87.2 Å². The molecule has 4 aliphatic rings. The average molecular weight is 692 g/mol. The van der Waals surface area contributed by atoms with Gasteiger partial charge >= 0.3 is 0 Å². The van der Waals surface area contributed by atoms with E-state index < -0.39 is 0 Å². The lowest BCUT2D eigenvalue weighted by atomic mass is 9.70. The summed E-state index contributed by atoms with van der Waals surface area (Å²) in [5.74, 6) is 1.47. The molecule has 3 aromatic heterocycles. The second-order valence-electron chi connectivity index (χ2n) is 15.7. The van der Waals surface area contributed by atoms with Gasteiger partial charge in [-0.2, -0.15) is 0 Å². The second-order valence-corrected chi connectivity index (χ2v) is 15.7. The molecule has 4 aromatic rings. The fraction of sp³-hybridized carbons (Fsp3) is 0.561. The molecule has 2 saturated heterocycles. The number of pyridine rings is 2. The average Bonchev–Trinajstić information content (AvgIpc) is 3.49. The molecule has 1 saturated carbocycles. The monoisotopic (exact) mass is 691 g/mol. The fourth-order valence-electron chi connectivity index (χ4n) is 9.17. The third kappa shape index (κ3) is 7.22. The predicted molar refractivity (Wildman–Crippen MR) is 202 cm³/mol. The van der Waals surface area contributed by atoms with Crippen LogP contribution in [0.3, 0.4) is 0 Å². The summed E-state index contributed by atoms with van der Waals surface area (Å²) in [5, 5.41) is 3.18. The van der Waals surface area contributed by atoms with Crippen molar-refractivity contribution in [3.05, 3.63) is 60.0 Å². The van der Waals surface area contributed by atoms with Crippen LogP contribution in [0.2, 0.25) is 0 Å². The number of anilines is 2. The van der Waals surface area contributed by atoms with Gasteiger partial charge in [-0.15, -0.1) is 0 Å². The summed E-state index contributed by atoms with van der Waals surface area (Å²) in [6.45, 7) is 10.2. The molecule has 10 heteroatoms. The Balaban J connectivity index is 1.00. The van der Waals surface area contributed by atoms with Crippen LogP contribution in [-0.2, 0) is 11.3 Å². The number of imidazole rings is 1. The first-order valence-electron chi connectivity index (χ1n) is 19.3. The molecule has 51 heavy (non-hydrogen) atoms. The number of rotatable bonds is 3. The van der Waals surface area contributed by atoms with Crippen LogP contribution in [0.15, 0.2) is 48.8 Å². The summed E-state index contributed by atoms with van der Waals surface area (Å²) in [6, 6.07) is 12.9. The molecule has 270 valence electrons. The highest BCUT2D eigenvalue weighted by Crippen LogP contribution is 2.44. The molecular formula is C41H53N7O3. The molecule has 2 bridgehead atoms. The van der Waals surface area contributed by atoms with Gasteiger partial charge in [0.25, 0.3) is 5.91 Å². The summed E-state index contributed by atoms with van der Waals surface area (Å²) in [5.41, 5.74) is 6.43. The minimum atomic E-state index is -0.206. The van der Waals surface area contributed by atoms with Gasteiger partial charge in [-0.25, -0.2) is 4.98 Å². The Morgan fingerprint density at radius 2 is 1.73 bits per heavy atom. The molecular weight excluding hydrogens is 638 g/mol. The number of fused-ring (bicyclic) bond motifs is 7. The van der Waals surface area contributed by atoms with Gasteiger partial charge in [-0.1, -0.05) is 6.92 Å². The molecule has 1 N–H and O–H groups in total. The Hall–Kier alpha value is -4.02. The van der Waals surface area contributed by atoms with Gasteiger partial charge < -0.3 is 23.8 Å². The lowest BCUT2D eigenvalue weighted by Crippen LogP contribution is -2.50. The quantitative estimate of drug-likeness (QED) is 0.236. The van der Waals surface area contributed by atoms with Crippen molar-refractivity contribution >= 4 is 28.6 Å². The largest absolute Gasteiger partial charge is 0.493 e. The molecule has 3 fully saturated rings. The summed E-state index contributed by atoms with van der Waals surface area (Å²) in [4.78, 5) is 33.3. The summed E-state index contributed by atoms with van der Waals surface area (Å²) >= 11 is 0. The number of amides is 1. The maximum Gasteiger partial charge on any atom is 0.258 e. The van der Waals surface area contributed by atoms with Crippen molar-refractivity contribution in [2.75, 3.05) is 50.1 Å². The first kappa shape index (κ1) is 34.1. The van der Waals surface area contributed by atoms with Crippen molar-refractivity contribution in [2.24, 2.45) is 11.3 Å². The number of carbonyl (C=O) groups excluding carboxylic acids is 1. The van der Waals surface area contributed by atoms with E-state index in [-0.39, 0.29) is 5.91 Å². The number of hydrogen-bond acceptors (Lipinski definition) is 8. The molecule has 1 amide bonds. The van der Waals surface area contributed by atoms with Crippen LogP contribution in [-0.4, -0.2) is 82.4 Å². The lowest BCUT2D eigenvalue weighted by molar-refractivity contribution is 0.00943. The van der Waals surface area contributed by atoms with Gasteiger partial charge in [0, 0.05) is 62.1 Å². The normalized spacial score (nSPS) is 24.6. The van der Waals surface area contributed by atoms with Gasteiger partial charge in [0.2, 0.25) is 5.95 Å². The maximum atomic E-state index is 13.8. The smallest absolute Gasteiger partial charge is 0.258 e. The van der Waals surface area contributed by atoms with E-state index in [4.69, 9.17) is 19.4 Å². The van der Waals surface area contributed by atoms with Crippen LogP contribution < -0.4 is 15.0 Å². The van der Waals surface area contributed by atoms with Crippen LogP contribution in [0.5, 0.6) is 5.75 Å². The van der Waals surface area contributed by atoms with E-state index in [0.717, 1.165) is 66.6 Å². The molecule has 0 unspecified atom stereocenters. The maximum absolute atomic E-state index is 13.8. The molecule has 1 atom stereocenters. The number of hydrogen-bond donors (Lipinski definition) is 1. The van der Waals surface area contributed by atoms with E-state index in [1.54, 1.807) is 12.4 Å². The third-order valence-electron chi connectivity index (χ3n) is 12.4. The highest BCUT2D eigenvalue weighted by atomic mass is 16.5. The SMILES string of the molecule is COC1CCC(N2CCC3(CCN(c4ccc5nc6n(c5c4)C[C@H](C)CCCOc4ccncc4-c4cc(cc(C)n4)C(=O)N6)CC3)CC2)CC1. The highest BCUT2D eigenvalue weighted by Gasteiger charge is 2.39. The number of aromatic nitrogens is 4. The standard InChI is InChI=1S/C41H53N7O3/c1-28-5-4-22-51-38-12-17-42-26-34(38)36-24-30(23-29(2)43-36)39(49)45-40-44-35-11-8-32(25-37(35)48(40)27-28)47-20-15-41(16-21-47)13-18-46(19-14-41)31-6-9-33(50-3)10-7-31/h8,11-12,17,23-26,28,31,33H,4-7,9-10,13-16,18-22,27H2,1-3H3,(H,44,45,49)/t28-,31?,33?/m1/s1. The lowest BCUT2D eigenvalue weighted by Gasteiger charge is -2.49. The Morgan fingerprint density at radius 3 is 2.51 bits per heavy atom. The van der Waals surface area contributed by atoms with Crippen LogP contribution >= 0.6 is 0 Å². The zero-order valence-electron chi connectivity index (χ0n) is 30.6. The zero-order chi connectivity index (χ0) is 35.0. The molecule has 0 radical (unpaired) electrons. The number of nitrogens with one attached hydrogen (secondary N) is 1. The number of piperidine rings is 2. The van der Waals surface area contributed by atoms with Gasteiger partial charge in [-0.3, -0.25) is 20.1 Å². The fourth-order valence-corrected chi connectivity index (χ4v) is 9.17. The Kier molecular flexibility index (Phi) is 9.72. The van der Waals surface area contributed by atoms with Crippen LogP contribution in [0.25, 0.3) is 22.3 Å².